The fraction of sp³-hybridized carbons (Fsp3) is 0.667. The molecule has 0 aliphatic rings. The molecule has 0 aliphatic heterocycles. The van der Waals surface area contributed by atoms with Gasteiger partial charge in [-0.25, -0.2) is 4.79 Å². The zero-order chi connectivity index (χ0) is 12.6. The van der Waals surface area contributed by atoms with Crippen LogP contribution in [0.3, 0.4) is 0 Å². The van der Waals surface area contributed by atoms with E-state index < -0.39 is 11.1 Å². The molecule has 0 radical (unpaired) electrons. The molecule has 1 heterocycles. The third-order valence-corrected chi connectivity index (χ3v) is 2.19. The quantitative estimate of drug-likeness (QED) is 0.724. The zero-order valence-corrected chi connectivity index (χ0v) is 10.9. The van der Waals surface area contributed by atoms with Crippen molar-refractivity contribution in [1.29, 1.82) is 0 Å². The predicted molar refractivity (Wildman–Crippen MR) is 62.1 cm³/mol. The molecule has 4 heteroatoms. The van der Waals surface area contributed by atoms with Gasteiger partial charge in [0.25, 0.3) is 0 Å². The molecule has 0 bridgehead atoms. The van der Waals surface area contributed by atoms with Crippen LogP contribution in [0.1, 0.15) is 40.3 Å². The van der Waals surface area contributed by atoms with Gasteiger partial charge in [-0.1, -0.05) is 0 Å². The van der Waals surface area contributed by atoms with Gasteiger partial charge < -0.3 is 4.74 Å². The Morgan fingerprint density at radius 3 is 2.25 bits per heavy atom. The van der Waals surface area contributed by atoms with Crippen molar-refractivity contribution in [3.63, 3.8) is 0 Å². The summed E-state index contributed by atoms with van der Waals surface area (Å²) >= 11 is 0. The summed E-state index contributed by atoms with van der Waals surface area (Å²) in [5, 5.41) is 4.25. The van der Waals surface area contributed by atoms with E-state index in [1.807, 2.05) is 33.8 Å². The van der Waals surface area contributed by atoms with Gasteiger partial charge in [-0.15, -0.1) is 0 Å². The maximum absolute atomic E-state index is 12.0. The number of carbonyl (C=O) groups is 1. The molecule has 1 aromatic heterocycles. The molecule has 16 heavy (non-hydrogen) atoms. The highest BCUT2D eigenvalue weighted by molar-refractivity contribution is 5.78. The second kappa shape index (κ2) is 3.92. The van der Waals surface area contributed by atoms with Gasteiger partial charge in [0.05, 0.1) is 5.69 Å². The number of hydrogen-bond acceptors (Lipinski definition) is 3. The van der Waals surface area contributed by atoms with Crippen molar-refractivity contribution in [3.05, 3.63) is 18.0 Å². The topological polar surface area (TPSA) is 44.1 Å². The predicted octanol–water partition coefficient (Wildman–Crippen LogP) is 2.27. The molecule has 90 valence electrons. The monoisotopic (exact) mass is 224 g/mol. The van der Waals surface area contributed by atoms with Crippen LogP contribution in [0.25, 0.3) is 0 Å². The molecule has 0 saturated carbocycles. The second-order valence-corrected chi connectivity index (χ2v) is 5.46. The average molecular weight is 224 g/mol. The van der Waals surface area contributed by atoms with Crippen molar-refractivity contribution in [2.75, 3.05) is 0 Å². The number of aromatic nitrogens is 2. The fourth-order valence-corrected chi connectivity index (χ4v) is 1.22. The highest BCUT2D eigenvalue weighted by Gasteiger charge is 2.34. The molecule has 1 aromatic rings. The van der Waals surface area contributed by atoms with Gasteiger partial charge in [-0.05, 0) is 47.6 Å². The van der Waals surface area contributed by atoms with Crippen LogP contribution in [0.4, 0.5) is 0 Å². The number of esters is 1. The number of aryl methyl sites for hydroxylation is 1. The van der Waals surface area contributed by atoms with E-state index in [0.717, 1.165) is 5.69 Å². The lowest BCUT2D eigenvalue weighted by molar-refractivity contribution is -0.164. The van der Waals surface area contributed by atoms with Crippen LogP contribution in [-0.2, 0) is 15.1 Å². The standard InChI is InChI=1S/C12H20N2O2/c1-9-7-8-14(13-9)12(5,6)10(15)16-11(2,3)4/h7-8H,1-6H3. The first-order chi connectivity index (χ1) is 7.13. The van der Waals surface area contributed by atoms with Crippen LogP contribution in [0.15, 0.2) is 12.3 Å². The first-order valence-corrected chi connectivity index (χ1v) is 5.39. The van der Waals surface area contributed by atoms with E-state index in [9.17, 15) is 4.79 Å². The molecule has 0 aromatic carbocycles. The highest BCUT2D eigenvalue weighted by atomic mass is 16.6. The Morgan fingerprint density at radius 2 is 1.88 bits per heavy atom. The molecule has 0 aliphatic carbocycles. The van der Waals surface area contributed by atoms with Gasteiger partial charge >= 0.3 is 5.97 Å². The fourth-order valence-electron chi connectivity index (χ4n) is 1.22. The SMILES string of the molecule is Cc1ccn(C(C)(C)C(=O)OC(C)(C)C)n1. The van der Waals surface area contributed by atoms with Crippen molar-refractivity contribution < 1.29 is 9.53 Å². The lowest BCUT2D eigenvalue weighted by atomic mass is 10.1. The lowest BCUT2D eigenvalue weighted by Crippen LogP contribution is -2.41. The smallest absolute Gasteiger partial charge is 0.334 e. The Morgan fingerprint density at radius 1 is 1.31 bits per heavy atom. The molecule has 0 fully saturated rings. The summed E-state index contributed by atoms with van der Waals surface area (Å²) in [7, 11) is 0. The molecule has 0 atom stereocenters. The minimum Gasteiger partial charge on any atom is -0.458 e. The summed E-state index contributed by atoms with van der Waals surface area (Å²) in [5.41, 5.74) is -0.366. The van der Waals surface area contributed by atoms with Crippen molar-refractivity contribution in [3.8, 4) is 0 Å². The largest absolute Gasteiger partial charge is 0.458 e. The highest BCUT2D eigenvalue weighted by Crippen LogP contribution is 2.20. The van der Waals surface area contributed by atoms with Gasteiger partial charge in [0.2, 0.25) is 0 Å². The summed E-state index contributed by atoms with van der Waals surface area (Å²) < 4.78 is 7.00. The van der Waals surface area contributed by atoms with Crippen molar-refractivity contribution in [1.82, 2.24) is 9.78 Å². The molecule has 0 spiro atoms. The summed E-state index contributed by atoms with van der Waals surface area (Å²) in [6, 6.07) is 1.87. The summed E-state index contributed by atoms with van der Waals surface area (Å²) in [5.74, 6) is -0.275. The number of nitrogens with zero attached hydrogens (tertiary/aromatic N) is 2. The van der Waals surface area contributed by atoms with Gasteiger partial charge in [0.1, 0.15) is 5.60 Å². The lowest BCUT2D eigenvalue weighted by Gasteiger charge is -2.28. The van der Waals surface area contributed by atoms with E-state index in [4.69, 9.17) is 4.74 Å². The Bertz CT molecular complexity index is 386. The first kappa shape index (κ1) is 12.7. The Labute approximate surface area is 96.6 Å². The van der Waals surface area contributed by atoms with E-state index >= 15 is 0 Å². The number of carbonyl (C=O) groups excluding carboxylic acids is 1. The number of ether oxygens (including phenoxy) is 1. The van der Waals surface area contributed by atoms with Gasteiger partial charge in [-0.2, -0.15) is 5.10 Å². The van der Waals surface area contributed by atoms with Crippen LogP contribution >= 0.6 is 0 Å². The van der Waals surface area contributed by atoms with Crippen LogP contribution in [0.5, 0.6) is 0 Å². The minimum absolute atomic E-state index is 0.275. The second-order valence-electron chi connectivity index (χ2n) is 5.46. The molecule has 0 saturated heterocycles. The first-order valence-electron chi connectivity index (χ1n) is 5.39. The average Bonchev–Trinajstić information content (AvgIpc) is 2.48. The maximum atomic E-state index is 12.0. The molecule has 0 amide bonds. The van der Waals surface area contributed by atoms with Crippen molar-refractivity contribution in [2.45, 2.75) is 52.7 Å². The van der Waals surface area contributed by atoms with E-state index in [1.54, 1.807) is 24.7 Å². The van der Waals surface area contributed by atoms with E-state index in [-0.39, 0.29) is 5.97 Å². The molecular formula is C12H20N2O2. The van der Waals surface area contributed by atoms with E-state index in [0.29, 0.717) is 0 Å². The Hall–Kier alpha value is -1.32. The third kappa shape index (κ3) is 2.84. The van der Waals surface area contributed by atoms with E-state index in [1.165, 1.54) is 0 Å². The molecule has 0 N–H and O–H groups in total. The summed E-state index contributed by atoms with van der Waals surface area (Å²) in [6.07, 6.45) is 1.79. The number of hydrogen-bond donors (Lipinski definition) is 0. The summed E-state index contributed by atoms with van der Waals surface area (Å²) in [6.45, 7) is 11.1. The van der Waals surface area contributed by atoms with Crippen molar-refractivity contribution in [2.24, 2.45) is 0 Å². The van der Waals surface area contributed by atoms with E-state index in [2.05, 4.69) is 5.10 Å². The normalized spacial score (nSPS) is 12.6. The van der Waals surface area contributed by atoms with Crippen LogP contribution in [0, 0.1) is 6.92 Å². The minimum atomic E-state index is -0.776. The van der Waals surface area contributed by atoms with Crippen LogP contribution in [-0.4, -0.2) is 21.4 Å². The maximum Gasteiger partial charge on any atom is 0.334 e. The third-order valence-electron chi connectivity index (χ3n) is 2.19. The van der Waals surface area contributed by atoms with Crippen LogP contribution in [0.2, 0.25) is 0 Å². The Balaban J connectivity index is 2.90. The Kier molecular flexibility index (Phi) is 3.13. The van der Waals surface area contributed by atoms with Gasteiger partial charge in [-0.3, -0.25) is 4.68 Å². The molecule has 1 rings (SSSR count). The number of rotatable bonds is 2. The van der Waals surface area contributed by atoms with Crippen molar-refractivity contribution >= 4 is 5.97 Å². The molecule has 4 nitrogen and oxygen atoms in total. The summed E-state index contributed by atoms with van der Waals surface area (Å²) in [4.78, 5) is 12.0. The van der Waals surface area contributed by atoms with Gasteiger partial charge in [0.15, 0.2) is 5.54 Å². The van der Waals surface area contributed by atoms with Crippen LogP contribution < -0.4 is 0 Å². The molecule has 0 unspecified atom stereocenters. The molecular weight excluding hydrogens is 204 g/mol. The van der Waals surface area contributed by atoms with Gasteiger partial charge in [0, 0.05) is 6.20 Å². The zero-order valence-electron chi connectivity index (χ0n) is 10.9.